The zero-order valence-corrected chi connectivity index (χ0v) is 22.1. The summed E-state index contributed by atoms with van der Waals surface area (Å²) >= 11 is 0. The van der Waals surface area contributed by atoms with Crippen molar-refractivity contribution in [2.45, 2.75) is 74.7 Å². The molecule has 1 fully saturated rings. The number of sulfone groups is 1. The van der Waals surface area contributed by atoms with Crippen LogP contribution in [0.1, 0.15) is 69.4 Å². The number of rotatable bonds is 10. The molecular weight excluding hydrogens is 486 g/mol. The van der Waals surface area contributed by atoms with E-state index in [-0.39, 0.29) is 28.4 Å². The molecule has 194 valence electrons. The Labute approximate surface area is 218 Å². The normalized spacial score (nSPS) is 18.3. The van der Waals surface area contributed by atoms with Crippen LogP contribution >= 0.6 is 0 Å². The van der Waals surface area contributed by atoms with Crippen LogP contribution in [0.2, 0.25) is 0 Å². The number of para-hydroxylation sites is 1. The first-order valence-corrected chi connectivity index (χ1v) is 14.8. The van der Waals surface area contributed by atoms with E-state index in [4.69, 9.17) is 4.74 Å². The van der Waals surface area contributed by atoms with Crippen molar-refractivity contribution < 1.29 is 23.1 Å². The lowest BCUT2D eigenvalue weighted by Gasteiger charge is -2.27. The summed E-state index contributed by atoms with van der Waals surface area (Å²) < 4.78 is 32.4. The first kappa shape index (κ1) is 25.5. The monoisotopic (exact) mass is 519 g/mol. The minimum absolute atomic E-state index is 0.0407. The van der Waals surface area contributed by atoms with Gasteiger partial charge in [-0.3, -0.25) is 0 Å². The van der Waals surface area contributed by atoms with Crippen molar-refractivity contribution in [1.82, 2.24) is 4.98 Å². The number of aliphatic hydroxyl groups is 1. The lowest BCUT2D eigenvalue weighted by molar-refractivity contribution is -0.149. The fraction of sp³-hybridized carbons (Fsp3) is 0.400. The molecule has 1 N–H and O–H groups in total. The summed E-state index contributed by atoms with van der Waals surface area (Å²) in [6, 6.07) is 18.1. The Morgan fingerprint density at radius 3 is 2.46 bits per heavy atom. The maximum Gasteiger partial charge on any atom is 0.339 e. The Morgan fingerprint density at radius 2 is 1.76 bits per heavy atom. The second-order valence-electron chi connectivity index (χ2n) is 10.3. The molecule has 0 bridgehead atoms. The van der Waals surface area contributed by atoms with E-state index >= 15 is 0 Å². The Hall–Kier alpha value is -3.19. The maximum atomic E-state index is 13.3. The minimum atomic E-state index is -3.69. The van der Waals surface area contributed by atoms with E-state index in [9.17, 15) is 18.3 Å². The minimum Gasteiger partial charge on any atom is -0.507 e. The Morgan fingerprint density at radius 1 is 1.03 bits per heavy atom. The molecule has 0 amide bonds. The number of aliphatic hydroxyl groups excluding tert-OH is 1. The smallest absolute Gasteiger partial charge is 0.339 e. The van der Waals surface area contributed by atoms with Crippen LogP contribution in [0.5, 0.6) is 0 Å². The van der Waals surface area contributed by atoms with Crippen LogP contribution in [0.15, 0.2) is 77.0 Å². The molecule has 37 heavy (non-hydrogen) atoms. The molecule has 2 aromatic carbocycles. The molecular formula is C30H33NO5S. The fourth-order valence-electron chi connectivity index (χ4n) is 5.66. The second kappa shape index (κ2) is 9.93. The largest absolute Gasteiger partial charge is 0.507 e. The highest BCUT2D eigenvalue weighted by molar-refractivity contribution is 7.90. The van der Waals surface area contributed by atoms with Gasteiger partial charge >= 0.3 is 5.97 Å². The Kier molecular flexibility index (Phi) is 6.84. The SMILES string of the molecule is CCCC1(CCC)OC(=O)C(C(c2cccc(CS(=O)(=O)c3ccc4ccccc4n3)c2)C2CC2)=C1O. The van der Waals surface area contributed by atoms with Gasteiger partial charge < -0.3 is 9.84 Å². The third-order valence-corrected chi connectivity index (χ3v) is 9.04. The zero-order chi connectivity index (χ0) is 26.2. The number of carbonyl (C=O) groups is 1. The van der Waals surface area contributed by atoms with Crippen molar-refractivity contribution in [3.05, 3.63) is 83.1 Å². The van der Waals surface area contributed by atoms with E-state index in [1.807, 2.05) is 50.2 Å². The highest BCUT2D eigenvalue weighted by atomic mass is 32.2. The molecule has 2 heterocycles. The van der Waals surface area contributed by atoms with Crippen molar-refractivity contribution in [2.75, 3.05) is 0 Å². The zero-order valence-electron chi connectivity index (χ0n) is 21.3. The molecule has 1 unspecified atom stereocenters. The molecule has 5 rings (SSSR count). The summed E-state index contributed by atoms with van der Waals surface area (Å²) in [7, 11) is -3.69. The van der Waals surface area contributed by atoms with Gasteiger partial charge in [0.1, 0.15) is 5.76 Å². The predicted octanol–water partition coefficient (Wildman–Crippen LogP) is 6.41. The van der Waals surface area contributed by atoms with Crippen LogP contribution in [-0.2, 0) is 25.1 Å². The number of ether oxygens (including phenoxy) is 1. The number of aromatic nitrogens is 1. The van der Waals surface area contributed by atoms with Gasteiger partial charge in [-0.25, -0.2) is 18.2 Å². The standard InChI is InChI=1S/C30H33NO5S/c1-3-16-30(17-4-2)28(32)27(29(33)36-30)26(22-12-13-22)23-10-7-8-20(18-23)19-37(34,35)25-15-14-21-9-5-6-11-24(21)31-25/h5-11,14-15,18,22,26,32H,3-4,12-13,16-17,19H2,1-2H3. The van der Waals surface area contributed by atoms with Gasteiger partial charge in [-0.1, -0.05) is 69.2 Å². The molecule has 3 aromatic rings. The third-order valence-electron chi connectivity index (χ3n) is 7.47. The summed E-state index contributed by atoms with van der Waals surface area (Å²) in [5, 5.41) is 12.3. The quantitative estimate of drug-likeness (QED) is 0.311. The van der Waals surface area contributed by atoms with Gasteiger partial charge in [-0.05, 0) is 60.9 Å². The number of hydrogen-bond acceptors (Lipinski definition) is 6. The van der Waals surface area contributed by atoms with Gasteiger partial charge in [-0.2, -0.15) is 0 Å². The number of pyridine rings is 1. The summed E-state index contributed by atoms with van der Waals surface area (Å²) in [5.74, 6) is -0.678. The van der Waals surface area contributed by atoms with E-state index in [1.165, 1.54) is 0 Å². The Balaban J connectivity index is 1.48. The number of fused-ring (bicyclic) bond motifs is 1. The highest BCUT2D eigenvalue weighted by Gasteiger charge is 2.51. The summed E-state index contributed by atoms with van der Waals surface area (Å²) in [6.07, 6.45) is 4.63. The summed E-state index contributed by atoms with van der Waals surface area (Å²) in [4.78, 5) is 17.5. The average molecular weight is 520 g/mol. The molecule has 6 nitrogen and oxygen atoms in total. The molecule has 7 heteroatoms. The van der Waals surface area contributed by atoms with Crippen molar-refractivity contribution in [3.63, 3.8) is 0 Å². The molecule has 1 atom stereocenters. The van der Waals surface area contributed by atoms with Gasteiger partial charge in [0.2, 0.25) is 0 Å². The number of esters is 1. The molecule has 1 aliphatic heterocycles. The third kappa shape index (κ3) is 4.89. The van der Waals surface area contributed by atoms with Crippen LogP contribution in [0, 0.1) is 5.92 Å². The highest BCUT2D eigenvalue weighted by Crippen LogP contribution is 2.52. The fourth-order valence-corrected chi connectivity index (χ4v) is 6.94. The molecule has 1 aliphatic carbocycles. The molecule has 0 radical (unpaired) electrons. The predicted molar refractivity (Wildman–Crippen MR) is 143 cm³/mol. The second-order valence-corrected chi connectivity index (χ2v) is 12.2. The summed E-state index contributed by atoms with van der Waals surface area (Å²) in [5.41, 5.74) is 1.49. The van der Waals surface area contributed by atoms with E-state index in [1.54, 1.807) is 24.3 Å². The van der Waals surface area contributed by atoms with Crippen LogP contribution in [0.4, 0.5) is 0 Å². The Bertz CT molecular complexity index is 1470. The average Bonchev–Trinajstić information content (AvgIpc) is 3.68. The molecule has 0 spiro atoms. The molecule has 1 saturated carbocycles. The van der Waals surface area contributed by atoms with Crippen LogP contribution < -0.4 is 0 Å². The first-order valence-electron chi connectivity index (χ1n) is 13.1. The molecule has 2 aliphatic rings. The number of hydrogen-bond donors (Lipinski definition) is 1. The topological polar surface area (TPSA) is 93.6 Å². The van der Waals surface area contributed by atoms with Gasteiger partial charge in [0.25, 0.3) is 0 Å². The van der Waals surface area contributed by atoms with Crippen molar-refractivity contribution >= 4 is 26.7 Å². The number of cyclic esters (lactones) is 1. The van der Waals surface area contributed by atoms with E-state index in [0.717, 1.165) is 36.6 Å². The maximum absolute atomic E-state index is 13.3. The van der Waals surface area contributed by atoms with Crippen molar-refractivity contribution in [1.29, 1.82) is 0 Å². The van der Waals surface area contributed by atoms with Crippen molar-refractivity contribution in [3.8, 4) is 0 Å². The van der Waals surface area contributed by atoms with E-state index in [0.29, 0.717) is 29.5 Å². The lowest BCUT2D eigenvalue weighted by atomic mass is 9.82. The van der Waals surface area contributed by atoms with Crippen molar-refractivity contribution in [2.24, 2.45) is 5.92 Å². The van der Waals surface area contributed by atoms with Gasteiger partial charge in [0.15, 0.2) is 20.5 Å². The van der Waals surface area contributed by atoms with Crippen LogP contribution in [0.3, 0.4) is 0 Å². The van der Waals surface area contributed by atoms with Crippen LogP contribution in [-0.4, -0.2) is 30.1 Å². The summed E-state index contributed by atoms with van der Waals surface area (Å²) in [6.45, 7) is 4.03. The number of benzene rings is 2. The first-order chi connectivity index (χ1) is 17.8. The molecule has 0 saturated heterocycles. The van der Waals surface area contributed by atoms with Gasteiger partial charge in [0, 0.05) is 11.3 Å². The van der Waals surface area contributed by atoms with E-state index in [2.05, 4.69) is 4.98 Å². The molecule has 1 aromatic heterocycles. The lowest BCUT2D eigenvalue weighted by Crippen LogP contribution is -2.31. The number of carbonyl (C=O) groups excluding carboxylic acids is 1. The number of nitrogens with zero attached hydrogens (tertiary/aromatic N) is 1. The van der Waals surface area contributed by atoms with Crippen LogP contribution in [0.25, 0.3) is 10.9 Å². The van der Waals surface area contributed by atoms with Gasteiger partial charge in [-0.15, -0.1) is 0 Å². The van der Waals surface area contributed by atoms with E-state index < -0.39 is 21.4 Å². The van der Waals surface area contributed by atoms with Gasteiger partial charge in [0.05, 0.1) is 16.8 Å².